The summed E-state index contributed by atoms with van der Waals surface area (Å²) in [6.45, 7) is 2.57. The van der Waals surface area contributed by atoms with Crippen molar-refractivity contribution in [3.05, 3.63) is 58.0 Å². The zero-order valence-corrected chi connectivity index (χ0v) is 12.0. The van der Waals surface area contributed by atoms with Gasteiger partial charge in [0.1, 0.15) is 29.7 Å². The number of rotatable bonds is 5. The second kappa shape index (κ2) is 6.62. The molecule has 0 amide bonds. The number of nitriles is 1. The van der Waals surface area contributed by atoms with Gasteiger partial charge < -0.3 is 14.0 Å². The summed E-state index contributed by atoms with van der Waals surface area (Å²) < 4.78 is 12.2. The van der Waals surface area contributed by atoms with Crippen LogP contribution in [0.2, 0.25) is 0 Å². The van der Waals surface area contributed by atoms with Gasteiger partial charge in [-0.25, -0.2) is 0 Å². The van der Waals surface area contributed by atoms with E-state index in [9.17, 15) is 4.79 Å². The lowest BCUT2D eigenvalue weighted by molar-refractivity contribution is 0.294. The number of ether oxygens (including phenoxy) is 2. The smallest absolute Gasteiger partial charge is 0.268 e. The second-order valence-corrected chi connectivity index (χ2v) is 4.48. The van der Waals surface area contributed by atoms with Crippen molar-refractivity contribution in [3.8, 4) is 17.6 Å². The molecule has 0 saturated carbocycles. The van der Waals surface area contributed by atoms with Gasteiger partial charge in [-0.15, -0.1) is 0 Å². The van der Waals surface area contributed by atoms with Crippen LogP contribution in [-0.4, -0.2) is 18.3 Å². The SMILES string of the molecule is COc1ccc(OCCn2c(C)ccc(C#N)c2=O)cc1. The van der Waals surface area contributed by atoms with Crippen LogP contribution in [0, 0.1) is 18.3 Å². The fourth-order valence-electron chi connectivity index (χ4n) is 1.96. The fraction of sp³-hybridized carbons (Fsp3) is 0.250. The van der Waals surface area contributed by atoms with E-state index in [0.29, 0.717) is 18.9 Å². The molecular formula is C16H16N2O3. The van der Waals surface area contributed by atoms with Gasteiger partial charge in [-0.1, -0.05) is 0 Å². The Hall–Kier alpha value is -2.74. The molecule has 5 heteroatoms. The van der Waals surface area contributed by atoms with Crippen molar-refractivity contribution in [2.45, 2.75) is 13.5 Å². The van der Waals surface area contributed by atoms with Gasteiger partial charge in [-0.3, -0.25) is 4.79 Å². The van der Waals surface area contributed by atoms with Crippen LogP contribution >= 0.6 is 0 Å². The van der Waals surface area contributed by atoms with Gasteiger partial charge >= 0.3 is 0 Å². The zero-order chi connectivity index (χ0) is 15.2. The van der Waals surface area contributed by atoms with Crippen LogP contribution in [0.4, 0.5) is 0 Å². The van der Waals surface area contributed by atoms with Crippen LogP contribution < -0.4 is 15.0 Å². The average molecular weight is 284 g/mol. The lowest BCUT2D eigenvalue weighted by atomic mass is 10.2. The van der Waals surface area contributed by atoms with Gasteiger partial charge in [-0.2, -0.15) is 5.26 Å². The van der Waals surface area contributed by atoms with E-state index in [2.05, 4.69) is 0 Å². The molecule has 1 heterocycles. The normalized spacial score (nSPS) is 9.95. The monoisotopic (exact) mass is 284 g/mol. The summed E-state index contributed by atoms with van der Waals surface area (Å²) >= 11 is 0. The van der Waals surface area contributed by atoms with Crippen LogP contribution in [0.25, 0.3) is 0 Å². The van der Waals surface area contributed by atoms with Crippen LogP contribution in [0.15, 0.2) is 41.2 Å². The number of pyridine rings is 1. The maximum atomic E-state index is 12.0. The Bertz CT molecular complexity index is 712. The van der Waals surface area contributed by atoms with E-state index in [0.717, 1.165) is 11.4 Å². The van der Waals surface area contributed by atoms with E-state index in [1.807, 2.05) is 25.1 Å². The Labute approximate surface area is 123 Å². The first kappa shape index (κ1) is 14.7. The zero-order valence-electron chi connectivity index (χ0n) is 12.0. The summed E-state index contributed by atoms with van der Waals surface area (Å²) in [5, 5.41) is 8.88. The van der Waals surface area contributed by atoms with E-state index in [1.165, 1.54) is 0 Å². The maximum absolute atomic E-state index is 12.0. The van der Waals surface area contributed by atoms with E-state index in [4.69, 9.17) is 14.7 Å². The lowest BCUT2D eigenvalue weighted by Crippen LogP contribution is -2.26. The van der Waals surface area contributed by atoms with Gasteiger partial charge in [0.2, 0.25) is 0 Å². The van der Waals surface area contributed by atoms with E-state index in [1.54, 1.807) is 35.9 Å². The first-order valence-corrected chi connectivity index (χ1v) is 6.53. The number of nitrogens with zero attached hydrogens (tertiary/aromatic N) is 2. The predicted molar refractivity (Wildman–Crippen MR) is 78.6 cm³/mol. The Morgan fingerprint density at radius 2 is 1.81 bits per heavy atom. The van der Waals surface area contributed by atoms with Crippen molar-refractivity contribution in [1.82, 2.24) is 4.57 Å². The molecule has 0 unspecified atom stereocenters. The fourth-order valence-corrected chi connectivity index (χ4v) is 1.96. The lowest BCUT2D eigenvalue weighted by Gasteiger charge is -2.11. The van der Waals surface area contributed by atoms with Gasteiger partial charge in [-0.05, 0) is 43.3 Å². The standard InChI is InChI=1S/C16H16N2O3/c1-12-3-4-13(11-17)16(19)18(12)9-10-21-15-7-5-14(20-2)6-8-15/h3-8H,9-10H2,1-2H3. The molecule has 21 heavy (non-hydrogen) atoms. The molecule has 1 aromatic heterocycles. The minimum atomic E-state index is -0.282. The van der Waals surface area contributed by atoms with E-state index >= 15 is 0 Å². The van der Waals surface area contributed by atoms with Crippen molar-refractivity contribution >= 4 is 0 Å². The Morgan fingerprint density at radius 3 is 2.43 bits per heavy atom. The Balaban J connectivity index is 2.03. The molecule has 0 spiro atoms. The van der Waals surface area contributed by atoms with Crippen LogP contribution in [0.1, 0.15) is 11.3 Å². The molecule has 2 rings (SSSR count). The molecule has 2 aromatic rings. The first-order chi connectivity index (χ1) is 10.2. The molecule has 108 valence electrons. The summed E-state index contributed by atoms with van der Waals surface area (Å²) in [6, 6.07) is 12.4. The quantitative estimate of drug-likeness (QED) is 0.843. The third kappa shape index (κ3) is 3.42. The number of aryl methyl sites for hydroxylation is 1. The first-order valence-electron chi connectivity index (χ1n) is 6.53. The van der Waals surface area contributed by atoms with Crippen molar-refractivity contribution < 1.29 is 9.47 Å². The highest BCUT2D eigenvalue weighted by Gasteiger charge is 2.05. The molecule has 0 aliphatic rings. The maximum Gasteiger partial charge on any atom is 0.268 e. The molecule has 5 nitrogen and oxygen atoms in total. The largest absolute Gasteiger partial charge is 0.497 e. The highest BCUT2D eigenvalue weighted by Crippen LogP contribution is 2.16. The predicted octanol–water partition coefficient (Wildman–Crippen LogP) is 2.12. The molecule has 0 fully saturated rings. The summed E-state index contributed by atoms with van der Waals surface area (Å²) in [6.07, 6.45) is 0. The molecule has 0 atom stereocenters. The van der Waals surface area contributed by atoms with Gasteiger partial charge in [0.25, 0.3) is 5.56 Å². The van der Waals surface area contributed by atoms with Crippen molar-refractivity contribution in [1.29, 1.82) is 5.26 Å². The molecule has 0 saturated heterocycles. The number of hydrogen-bond donors (Lipinski definition) is 0. The molecule has 0 radical (unpaired) electrons. The molecule has 0 aliphatic carbocycles. The van der Waals surface area contributed by atoms with E-state index in [-0.39, 0.29) is 11.1 Å². The van der Waals surface area contributed by atoms with Crippen LogP contribution in [0.3, 0.4) is 0 Å². The van der Waals surface area contributed by atoms with Gasteiger partial charge in [0.05, 0.1) is 13.7 Å². The summed E-state index contributed by atoms with van der Waals surface area (Å²) in [5.74, 6) is 1.47. The number of benzene rings is 1. The minimum absolute atomic E-state index is 0.144. The number of methoxy groups -OCH3 is 1. The molecule has 0 N–H and O–H groups in total. The summed E-state index contributed by atoms with van der Waals surface area (Å²) in [5.41, 5.74) is 0.665. The topological polar surface area (TPSA) is 64.2 Å². The highest BCUT2D eigenvalue weighted by molar-refractivity contribution is 5.31. The molecule has 0 bridgehead atoms. The highest BCUT2D eigenvalue weighted by atomic mass is 16.5. The third-order valence-corrected chi connectivity index (χ3v) is 3.16. The Kier molecular flexibility index (Phi) is 4.62. The average Bonchev–Trinajstić information content (AvgIpc) is 2.51. The van der Waals surface area contributed by atoms with Crippen molar-refractivity contribution in [3.63, 3.8) is 0 Å². The van der Waals surface area contributed by atoms with Gasteiger partial charge in [0.15, 0.2) is 0 Å². The van der Waals surface area contributed by atoms with Gasteiger partial charge in [0, 0.05) is 5.69 Å². The minimum Gasteiger partial charge on any atom is -0.497 e. The third-order valence-electron chi connectivity index (χ3n) is 3.16. The molecular weight excluding hydrogens is 268 g/mol. The molecule has 0 aliphatic heterocycles. The molecule has 1 aromatic carbocycles. The number of hydrogen-bond acceptors (Lipinski definition) is 4. The second-order valence-electron chi connectivity index (χ2n) is 4.48. The number of aromatic nitrogens is 1. The summed E-state index contributed by atoms with van der Waals surface area (Å²) in [4.78, 5) is 12.0. The van der Waals surface area contributed by atoms with E-state index < -0.39 is 0 Å². The van der Waals surface area contributed by atoms with Crippen molar-refractivity contribution in [2.24, 2.45) is 0 Å². The Morgan fingerprint density at radius 1 is 1.14 bits per heavy atom. The van der Waals surface area contributed by atoms with Crippen LogP contribution in [-0.2, 0) is 6.54 Å². The van der Waals surface area contributed by atoms with Crippen molar-refractivity contribution in [2.75, 3.05) is 13.7 Å². The van der Waals surface area contributed by atoms with Crippen LogP contribution in [0.5, 0.6) is 11.5 Å². The summed E-state index contributed by atoms with van der Waals surface area (Å²) in [7, 11) is 1.60.